The molecule has 1 aromatic rings. The molecular weight excluding hydrogens is 270 g/mol. The van der Waals surface area contributed by atoms with Crippen molar-refractivity contribution in [2.24, 2.45) is 0 Å². The average molecular weight is 289 g/mol. The summed E-state index contributed by atoms with van der Waals surface area (Å²) >= 11 is 0. The molecule has 0 spiro atoms. The number of carboxylic acid groups (broad SMARTS) is 1. The van der Waals surface area contributed by atoms with Crippen molar-refractivity contribution < 1.29 is 19.4 Å². The molecule has 0 fully saturated rings. The number of rotatable bonds is 5. The third kappa shape index (κ3) is 3.62. The molecule has 1 aliphatic carbocycles. The number of benzene rings is 1. The van der Waals surface area contributed by atoms with Crippen LogP contribution in [-0.4, -0.2) is 23.6 Å². The van der Waals surface area contributed by atoms with Gasteiger partial charge in [-0.15, -0.1) is 0 Å². The van der Waals surface area contributed by atoms with Crippen LogP contribution in [0.3, 0.4) is 0 Å². The Kier molecular flexibility index (Phi) is 4.98. The van der Waals surface area contributed by atoms with Gasteiger partial charge in [-0.1, -0.05) is 12.1 Å². The highest BCUT2D eigenvalue weighted by atomic mass is 16.5. The van der Waals surface area contributed by atoms with Crippen LogP contribution >= 0.6 is 0 Å². The second kappa shape index (κ2) is 6.92. The van der Waals surface area contributed by atoms with Gasteiger partial charge < -0.3 is 15.2 Å². The molecule has 2 rings (SSSR count). The molecule has 0 heterocycles. The maximum Gasteiger partial charge on any atom is 0.332 e. The van der Waals surface area contributed by atoms with E-state index in [4.69, 9.17) is 4.74 Å². The van der Waals surface area contributed by atoms with Gasteiger partial charge in [0, 0.05) is 11.1 Å². The van der Waals surface area contributed by atoms with Crippen LogP contribution in [0.5, 0.6) is 5.75 Å². The average Bonchev–Trinajstić information content (AvgIpc) is 2.49. The van der Waals surface area contributed by atoms with Crippen molar-refractivity contribution in [2.45, 2.75) is 32.6 Å². The van der Waals surface area contributed by atoms with Crippen molar-refractivity contribution in [3.8, 4) is 5.75 Å². The number of carboxylic acids is 1. The largest absolute Gasteiger partial charge is 0.492 e. The number of anilines is 1. The number of para-hydroxylation sites is 2. The van der Waals surface area contributed by atoms with Crippen LogP contribution in [0.15, 0.2) is 35.4 Å². The minimum Gasteiger partial charge on any atom is -0.492 e. The van der Waals surface area contributed by atoms with Crippen LogP contribution in [-0.2, 0) is 9.59 Å². The van der Waals surface area contributed by atoms with E-state index in [0.717, 1.165) is 12.8 Å². The predicted octanol–water partition coefficient (Wildman–Crippen LogP) is 2.98. The van der Waals surface area contributed by atoms with E-state index < -0.39 is 5.97 Å². The highest BCUT2D eigenvalue weighted by Gasteiger charge is 2.24. The van der Waals surface area contributed by atoms with Crippen molar-refractivity contribution in [2.75, 3.05) is 11.9 Å². The fourth-order valence-corrected chi connectivity index (χ4v) is 2.44. The molecule has 1 amide bonds. The Morgan fingerprint density at radius 1 is 1.19 bits per heavy atom. The Morgan fingerprint density at radius 3 is 2.52 bits per heavy atom. The summed E-state index contributed by atoms with van der Waals surface area (Å²) < 4.78 is 5.45. The summed E-state index contributed by atoms with van der Waals surface area (Å²) in [5.74, 6) is -0.765. The van der Waals surface area contributed by atoms with Gasteiger partial charge in [-0.3, -0.25) is 4.79 Å². The van der Waals surface area contributed by atoms with Crippen molar-refractivity contribution >= 4 is 17.6 Å². The lowest BCUT2D eigenvalue weighted by molar-refractivity contribution is -0.133. The maximum atomic E-state index is 12.4. The van der Waals surface area contributed by atoms with Crippen LogP contribution < -0.4 is 10.1 Å². The van der Waals surface area contributed by atoms with Gasteiger partial charge in [0.2, 0.25) is 0 Å². The third-order valence-electron chi connectivity index (χ3n) is 3.44. The molecule has 0 radical (unpaired) electrons. The van der Waals surface area contributed by atoms with E-state index in [2.05, 4.69) is 5.32 Å². The summed E-state index contributed by atoms with van der Waals surface area (Å²) in [6.45, 7) is 2.36. The van der Waals surface area contributed by atoms with Crippen LogP contribution in [0.1, 0.15) is 32.6 Å². The normalized spacial score (nSPS) is 14.7. The van der Waals surface area contributed by atoms with Crippen LogP contribution in [0.4, 0.5) is 5.69 Å². The van der Waals surface area contributed by atoms with Crippen LogP contribution in [0, 0.1) is 0 Å². The highest BCUT2D eigenvalue weighted by molar-refractivity contribution is 6.09. The molecule has 0 unspecified atom stereocenters. The van der Waals surface area contributed by atoms with Crippen molar-refractivity contribution in [1.29, 1.82) is 0 Å². The third-order valence-corrected chi connectivity index (χ3v) is 3.44. The number of nitrogens with one attached hydrogen (secondary N) is 1. The molecule has 2 N–H and O–H groups in total. The van der Waals surface area contributed by atoms with Crippen LogP contribution in [0.25, 0.3) is 0 Å². The Labute approximate surface area is 123 Å². The number of amides is 1. The first kappa shape index (κ1) is 15.1. The summed E-state index contributed by atoms with van der Waals surface area (Å²) in [5.41, 5.74) is 1.17. The van der Waals surface area contributed by atoms with Crippen molar-refractivity contribution in [1.82, 2.24) is 0 Å². The topological polar surface area (TPSA) is 75.6 Å². The molecular formula is C16H19NO4. The van der Waals surface area contributed by atoms with Gasteiger partial charge >= 0.3 is 5.97 Å². The zero-order chi connectivity index (χ0) is 15.2. The van der Waals surface area contributed by atoms with Crippen molar-refractivity contribution in [3.63, 3.8) is 0 Å². The van der Waals surface area contributed by atoms with Crippen LogP contribution in [0.2, 0.25) is 0 Å². The van der Waals surface area contributed by atoms with Crippen molar-refractivity contribution in [3.05, 3.63) is 35.4 Å². The molecule has 1 aromatic carbocycles. The summed E-state index contributed by atoms with van der Waals surface area (Å²) in [6, 6.07) is 7.13. The number of carbonyl (C=O) groups excluding carboxylic acids is 1. The van der Waals surface area contributed by atoms with Gasteiger partial charge in [-0.2, -0.15) is 0 Å². The zero-order valence-electron chi connectivity index (χ0n) is 12.0. The first-order valence-electron chi connectivity index (χ1n) is 7.12. The van der Waals surface area contributed by atoms with E-state index in [1.165, 1.54) is 0 Å². The number of hydrogen-bond donors (Lipinski definition) is 2. The highest BCUT2D eigenvalue weighted by Crippen LogP contribution is 2.28. The molecule has 0 aromatic heterocycles. The lowest BCUT2D eigenvalue weighted by Gasteiger charge is -2.18. The van der Waals surface area contributed by atoms with Gasteiger partial charge in [-0.05, 0) is 44.7 Å². The molecule has 1 aliphatic rings. The first-order chi connectivity index (χ1) is 10.1. The minimum absolute atomic E-state index is 0.229. The maximum absolute atomic E-state index is 12.4. The zero-order valence-corrected chi connectivity index (χ0v) is 12.0. The molecule has 21 heavy (non-hydrogen) atoms. The fourth-order valence-electron chi connectivity index (χ4n) is 2.44. The van der Waals surface area contributed by atoms with E-state index in [0.29, 0.717) is 36.5 Å². The van der Waals surface area contributed by atoms with Gasteiger partial charge in [0.25, 0.3) is 5.91 Å². The predicted molar refractivity (Wildman–Crippen MR) is 79.4 cm³/mol. The number of carbonyl (C=O) groups is 2. The number of ether oxygens (including phenoxy) is 1. The monoisotopic (exact) mass is 289 g/mol. The Morgan fingerprint density at radius 2 is 1.86 bits per heavy atom. The Hall–Kier alpha value is -2.30. The number of hydrogen-bond acceptors (Lipinski definition) is 3. The summed E-state index contributed by atoms with van der Waals surface area (Å²) in [5, 5.41) is 12.0. The minimum atomic E-state index is -1.00. The molecule has 0 saturated carbocycles. The molecule has 5 heteroatoms. The SMILES string of the molecule is CCOc1ccccc1NC(=O)C1=C(C(=O)O)CCCC1. The standard InChI is InChI=1S/C16H19NO4/c1-2-21-14-10-6-5-9-13(14)17-15(18)11-7-3-4-8-12(11)16(19)20/h5-6,9-10H,2-4,7-8H2,1H3,(H,17,18)(H,19,20). The van der Waals surface area contributed by atoms with E-state index >= 15 is 0 Å². The van der Waals surface area contributed by atoms with E-state index in [9.17, 15) is 14.7 Å². The van der Waals surface area contributed by atoms with Gasteiger partial charge in [-0.25, -0.2) is 4.79 Å². The Balaban J connectivity index is 2.23. The second-order valence-electron chi connectivity index (χ2n) is 4.85. The van der Waals surface area contributed by atoms with Gasteiger partial charge in [0.1, 0.15) is 5.75 Å². The quantitative estimate of drug-likeness (QED) is 0.873. The van der Waals surface area contributed by atoms with Gasteiger partial charge in [0.15, 0.2) is 0 Å². The Bertz CT molecular complexity index is 577. The smallest absolute Gasteiger partial charge is 0.332 e. The fraction of sp³-hybridized carbons (Fsp3) is 0.375. The molecule has 0 aliphatic heterocycles. The van der Waals surface area contributed by atoms with E-state index in [1.54, 1.807) is 18.2 Å². The summed E-state index contributed by atoms with van der Waals surface area (Å²) in [4.78, 5) is 23.6. The molecule has 0 atom stereocenters. The lowest BCUT2D eigenvalue weighted by Crippen LogP contribution is -2.21. The van der Waals surface area contributed by atoms with Gasteiger partial charge in [0.05, 0.1) is 12.3 Å². The lowest BCUT2D eigenvalue weighted by atomic mass is 9.91. The number of aliphatic carboxylic acids is 1. The van der Waals surface area contributed by atoms with E-state index in [1.807, 2.05) is 13.0 Å². The second-order valence-corrected chi connectivity index (χ2v) is 4.85. The molecule has 0 bridgehead atoms. The summed E-state index contributed by atoms with van der Waals surface area (Å²) in [6.07, 6.45) is 2.61. The first-order valence-corrected chi connectivity index (χ1v) is 7.12. The summed E-state index contributed by atoms with van der Waals surface area (Å²) in [7, 11) is 0. The molecule has 112 valence electrons. The van der Waals surface area contributed by atoms with E-state index in [-0.39, 0.29) is 11.5 Å². The molecule has 5 nitrogen and oxygen atoms in total. The molecule has 0 saturated heterocycles.